The molecule has 0 aromatic heterocycles. The third kappa shape index (κ3) is 4.28. The number of piperazine rings is 1. The van der Waals surface area contributed by atoms with Crippen molar-refractivity contribution >= 4 is 24.8 Å². The smallest absolute Gasteiger partial charge is 0.120 e. The Kier molecular flexibility index (Phi) is 7.87. The maximum absolute atomic E-state index is 9.87. The van der Waals surface area contributed by atoms with Crippen molar-refractivity contribution in [1.82, 2.24) is 10.2 Å². The predicted molar refractivity (Wildman–Crippen MR) is 81.6 cm³/mol. The molecule has 3 N–H and O–H groups in total. The van der Waals surface area contributed by atoms with E-state index in [-0.39, 0.29) is 42.4 Å². The van der Waals surface area contributed by atoms with Crippen LogP contribution < -0.4 is 5.32 Å². The summed E-state index contributed by atoms with van der Waals surface area (Å²) in [6.07, 6.45) is 1.81. The van der Waals surface area contributed by atoms with Gasteiger partial charge in [-0.2, -0.15) is 0 Å². The van der Waals surface area contributed by atoms with Crippen LogP contribution in [0.1, 0.15) is 11.6 Å². The van der Waals surface area contributed by atoms with Gasteiger partial charge in [-0.25, -0.2) is 0 Å². The molecule has 1 aliphatic heterocycles. The Hall–Kier alpha value is -0.940. The van der Waals surface area contributed by atoms with Crippen LogP contribution in [-0.4, -0.2) is 41.3 Å². The first kappa shape index (κ1) is 18.1. The molecule has 108 valence electrons. The SMILES string of the molecule is C=C[C@H](c1cc(O)ccc1O)N1CCNCC1.Cl.Cl. The van der Waals surface area contributed by atoms with E-state index in [1.54, 1.807) is 12.1 Å². The zero-order chi connectivity index (χ0) is 12.3. The lowest BCUT2D eigenvalue weighted by Gasteiger charge is -2.33. The summed E-state index contributed by atoms with van der Waals surface area (Å²) < 4.78 is 0. The van der Waals surface area contributed by atoms with Crippen molar-refractivity contribution in [3.05, 3.63) is 36.4 Å². The summed E-state index contributed by atoms with van der Waals surface area (Å²) >= 11 is 0. The summed E-state index contributed by atoms with van der Waals surface area (Å²) in [7, 11) is 0. The molecule has 0 bridgehead atoms. The Bertz CT molecular complexity index is 410. The van der Waals surface area contributed by atoms with E-state index in [1.807, 2.05) is 0 Å². The number of phenolic OH excluding ortho intramolecular Hbond substituents is 2. The molecule has 0 amide bonds. The Balaban J connectivity index is 0.00000162. The van der Waals surface area contributed by atoms with Crippen molar-refractivity contribution in [3.63, 3.8) is 0 Å². The molecule has 0 unspecified atom stereocenters. The van der Waals surface area contributed by atoms with Crippen LogP contribution in [0.5, 0.6) is 11.5 Å². The van der Waals surface area contributed by atoms with Gasteiger partial charge in [0.05, 0.1) is 6.04 Å². The summed E-state index contributed by atoms with van der Waals surface area (Å²) in [4.78, 5) is 2.23. The monoisotopic (exact) mass is 306 g/mol. The standard InChI is InChI=1S/C13H18N2O2.2ClH/c1-2-12(15-7-5-14-6-8-15)11-9-10(16)3-4-13(11)17;;/h2-4,9,12,14,16-17H,1,5-8H2;2*1H/t12-;;/m1../s1. The molecule has 0 aliphatic carbocycles. The number of nitrogens with zero attached hydrogens (tertiary/aromatic N) is 1. The van der Waals surface area contributed by atoms with Crippen LogP contribution in [0.15, 0.2) is 30.9 Å². The lowest BCUT2D eigenvalue weighted by atomic mass is 10.0. The fraction of sp³-hybridized carbons (Fsp3) is 0.385. The Labute approximate surface area is 125 Å². The second kappa shape index (κ2) is 8.27. The molecule has 1 aromatic carbocycles. The van der Waals surface area contributed by atoms with Gasteiger partial charge >= 0.3 is 0 Å². The van der Waals surface area contributed by atoms with Crippen molar-refractivity contribution in [2.75, 3.05) is 26.2 Å². The molecule has 1 fully saturated rings. The summed E-state index contributed by atoms with van der Waals surface area (Å²) in [6.45, 7) is 7.51. The lowest BCUT2D eigenvalue weighted by molar-refractivity contribution is 0.200. The maximum Gasteiger partial charge on any atom is 0.120 e. The van der Waals surface area contributed by atoms with E-state index >= 15 is 0 Å². The van der Waals surface area contributed by atoms with Gasteiger partial charge in [-0.1, -0.05) is 6.08 Å². The van der Waals surface area contributed by atoms with E-state index in [9.17, 15) is 10.2 Å². The van der Waals surface area contributed by atoms with Gasteiger partial charge in [-0.15, -0.1) is 31.4 Å². The van der Waals surface area contributed by atoms with Gasteiger partial charge in [0, 0.05) is 31.7 Å². The number of nitrogens with one attached hydrogen (secondary N) is 1. The van der Waals surface area contributed by atoms with Crippen molar-refractivity contribution < 1.29 is 10.2 Å². The van der Waals surface area contributed by atoms with Crippen LogP contribution in [0.25, 0.3) is 0 Å². The molecule has 1 aromatic rings. The van der Waals surface area contributed by atoms with Crippen molar-refractivity contribution in [1.29, 1.82) is 0 Å². The predicted octanol–water partition coefficient (Wildman–Crippen LogP) is 2.07. The number of benzene rings is 1. The van der Waals surface area contributed by atoms with E-state index < -0.39 is 0 Å². The second-order valence-corrected chi connectivity index (χ2v) is 4.21. The van der Waals surface area contributed by atoms with Gasteiger partial charge in [0.15, 0.2) is 0 Å². The average Bonchev–Trinajstić information content (AvgIpc) is 2.36. The molecule has 1 atom stereocenters. The van der Waals surface area contributed by atoms with Crippen molar-refractivity contribution in [3.8, 4) is 11.5 Å². The quantitative estimate of drug-likeness (QED) is 0.591. The van der Waals surface area contributed by atoms with E-state index in [0.29, 0.717) is 5.56 Å². The van der Waals surface area contributed by atoms with E-state index in [0.717, 1.165) is 26.2 Å². The first-order valence-electron chi connectivity index (χ1n) is 5.81. The topological polar surface area (TPSA) is 55.7 Å². The van der Waals surface area contributed by atoms with Gasteiger partial charge in [0.2, 0.25) is 0 Å². The highest BCUT2D eigenvalue weighted by Gasteiger charge is 2.22. The molecule has 2 rings (SSSR count). The van der Waals surface area contributed by atoms with Crippen LogP contribution in [0.3, 0.4) is 0 Å². The fourth-order valence-electron chi connectivity index (χ4n) is 2.21. The van der Waals surface area contributed by atoms with Crippen molar-refractivity contribution in [2.45, 2.75) is 6.04 Å². The summed E-state index contributed by atoms with van der Waals surface area (Å²) in [5.41, 5.74) is 0.710. The third-order valence-electron chi connectivity index (χ3n) is 3.10. The van der Waals surface area contributed by atoms with E-state index in [2.05, 4.69) is 16.8 Å². The summed E-state index contributed by atoms with van der Waals surface area (Å²) in [5, 5.41) is 22.7. The minimum atomic E-state index is -0.0517. The normalized spacial score (nSPS) is 16.8. The lowest BCUT2D eigenvalue weighted by Crippen LogP contribution is -2.44. The molecule has 19 heavy (non-hydrogen) atoms. The first-order chi connectivity index (χ1) is 8.22. The van der Waals surface area contributed by atoms with Crippen LogP contribution in [0.4, 0.5) is 0 Å². The highest BCUT2D eigenvalue weighted by atomic mass is 35.5. The number of hydrogen-bond acceptors (Lipinski definition) is 4. The number of rotatable bonds is 3. The van der Waals surface area contributed by atoms with Gasteiger partial charge in [0.25, 0.3) is 0 Å². The third-order valence-corrected chi connectivity index (χ3v) is 3.10. The zero-order valence-corrected chi connectivity index (χ0v) is 12.2. The van der Waals surface area contributed by atoms with Crippen molar-refractivity contribution in [2.24, 2.45) is 0 Å². The Morgan fingerprint density at radius 2 is 1.84 bits per heavy atom. The molecular weight excluding hydrogens is 287 g/mol. The number of hydrogen-bond donors (Lipinski definition) is 3. The van der Waals surface area contributed by atoms with Gasteiger partial charge < -0.3 is 15.5 Å². The largest absolute Gasteiger partial charge is 0.508 e. The highest BCUT2D eigenvalue weighted by molar-refractivity contribution is 5.85. The highest BCUT2D eigenvalue weighted by Crippen LogP contribution is 2.32. The molecule has 0 saturated carbocycles. The summed E-state index contributed by atoms with van der Waals surface area (Å²) in [6, 6.07) is 4.55. The molecule has 4 nitrogen and oxygen atoms in total. The molecule has 1 aliphatic rings. The molecule has 6 heteroatoms. The van der Waals surface area contributed by atoms with Gasteiger partial charge in [0.1, 0.15) is 11.5 Å². The average molecular weight is 307 g/mol. The van der Waals surface area contributed by atoms with Crippen LogP contribution in [0, 0.1) is 0 Å². The van der Waals surface area contributed by atoms with E-state index in [1.165, 1.54) is 12.1 Å². The summed E-state index contributed by atoms with van der Waals surface area (Å²) in [5.74, 6) is 0.367. The molecule has 1 heterocycles. The van der Waals surface area contributed by atoms with E-state index in [4.69, 9.17) is 0 Å². The minimum absolute atomic E-state index is 0. The van der Waals surface area contributed by atoms with Crippen LogP contribution >= 0.6 is 24.8 Å². The van der Waals surface area contributed by atoms with Crippen LogP contribution in [0.2, 0.25) is 0 Å². The Morgan fingerprint density at radius 1 is 1.21 bits per heavy atom. The fourth-order valence-corrected chi connectivity index (χ4v) is 2.21. The second-order valence-electron chi connectivity index (χ2n) is 4.21. The van der Waals surface area contributed by atoms with Crippen LogP contribution in [-0.2, 0) is 0 Å². The molecule has 0 radical (unpaired) electrons. The van der Waals surface area contributed by atoms with Gasteiger partial charge in [-0.3, -0.25) is 4.90 Å². The first-order valence-corrected chi connectivity index (χ1v) is 5.81. The molecular formula is C13H20Cl2N2O2. The number of halogens is 2. The number of aromatic hydroxyl groups is 2. The Morgan fingerprint density at radius 3 is 2.42 bits per heavy atom. The maximum atomic E-state index is 9.87. The van der Waals surface area contributed by atoms with Gasteiger partial charge in [-0.05, 0) is 18.2 Å². The molecule has 1 saturated heterocycles. The zero-order valence-electron chi connectivity index (χ0n) is 10.6. The minimum Gasteiger partial charge on any atom is -0.508 e. The molecule has 0 spiro atoms. The number of phenols is 2.